The molecule has 1 fully saturated rings. The van der Waals surface area contributed by atoms with Gasteiger partial charge >= 0.3 is 0 Å². The fourth-order valence-electron chi connectivity index (χ4n) is 2.79. The van der Waals surface area contributed by atoms with E-state index >= 15 is 0 Å². The third-order valence-corrected chi connectivity index (χ3v) is 4.91. The number of hydrogen-bond donors (Lipinski definition) is 1. The highest BCUT2D eigenvalue weighted by Gasteiger charge is 2.30. The summed E-state index contributed by atoms with van der Waals surface area (Å²) >= 11 is 9.42. The zero-order valence-electron chi connectivity index (χ0n) is 9.42. The Morgan fingerprint density at radius 1 is 1.47 bits per heavy atom. The smallest absolute Gasteiger partial charge is 0.124 e. The summed E-state index contributed by atoms with van der Waals surface area (Å²) in [4.78, 5) is 4.26. The molecule has 4 heteroatoms. The number of fused-ring (bicyclic) bond motifs is 1. The minimum absolute atomic E-state index is 0.650. The van der Waals surface area contributed by atoms with Crippen molar-refractivity contribution < 1.29 is 0 Å². The van der Waals surface area contributed by atoms with Crippen molar-refractivity contribution in [3.05, 3.63) is 33.5 Å². The summed E-state index contributed by atoms with van der Waals surface area (Å²) in [6, 6.07) is 2.65. The van der Waals surface area contributed by atoms with Crippen molar-refractivity contribution in [1.29, 1.82) is 0 Å². The molecule has 0 saturated carbocycles. The van der Waals surface area contributed by atoms with Gasteiger partial charge in [-0.2, -0.15) is 0 Å². The van der Waals surface area contributed by atoms with E-state index < -0.39 is 0 Å². The number of nitrogens with zero attached hydrogens (tertiary/aromatic N) is 1. The molecule has 0 radical (unpaired) electrons. The Bertz CT molecular complexity index is 472. The molecule has 0 unspecified atom stereocenters. The summed E-state index contributed by atoms with van der Waals surface area (Å²) in [6.45, 7) is 1.16. The van der Waals surface area contributed by atoms with Gasteiger partial charge in [-0.25, -0.2) is 4.98 Å². The van der Waals surface area contributed by atoms with Crippen LogP contribution in [0.15, 0.2) is 22.9 Å². The number of pyridine rings is 1. The van der Waals surface area contributed by atoms with Gasteiger partial charge in [0.05, 0.1) is 5.02 Å². The molecular weight excluding hydrogens is 300 g/mol. The Morgan fingerprint density at radius 3 is 3.18 bits per heavy atom. The molecule has 17 heavy (non-hydrogen) atoms. The van der Waals surface area contributed by atoms with Crippen LogP contribution >= 0.6 is 27.5 Å². The van der Waals surface area contributed by atoms with Crippen molar-refractivity contribution in [2.24, 2.45) is 5.92 Å². The number of nitrogens with one attached hydrogen (secondary N) is 1. The Balaban J connectivity index is 1.86. The van der Waals surface area contributed by atoms with Gasteiger partial charge in [-0.1, -0.05) is 17.7 Å². The summed E-state index contributed by atoms with van der Waals surface area (Å²) < 4.78 is 0.719. The van der Waals surface area contributed by atoms with Crippen molar-refractivity contribution in [3.63, 3.8) is 0 Å². The lowest BCUT2D eigenvalue weighted by Gasteiger charge is -2.25. The topological polar surface area (TPSA) is 24.9 Å². The van der Waals surface area contributed by atoms with Gasteiger partial charge in [0.25, 0.3) is 0 Å². The van der Waals surface area contributed by atoms with Crippen molar-refractivity contribution in [2.75, 3.05) is 6.54 Å². The van der Waals surface area contributed by atoms with Gasteiger partial charge in [-0.3, -0.25) is 0 Å². The highest BCUT2D eigenvalue weighted by atomic mass is 79.9. The van der Waals surface area contributed by atoms with Crippen LogP contribution in [-0.2, 0) is 0 Å². The van der Waals surface area contributed by atoms with Crippen molar-refractivity contribution in [2.45, 2.75) is 25.3 Å². The Labute approximate surface area is 115 Å². The first-order valence-corrected chi connectivity index (χ1v) is 7.15. The molecule has 0 spiro atoms. The third-order valence-electron chi connectivity index (χ3n) is 3.76. The van der Waals surface area contributed by atoms with E-state index in [4.69, 9.17) is 11.6 Å². The van der Waals surface area contributed by atoms with Crippen LogP contribution in [0, 0.1) is 5.92 Å². The second kappa shape index (κ2) is 4.71. The minimum Gasteiger partial charge on any atom is -0.313 e. The highest BCUT2D eigenvalue weighted by molar-refractivity contribution is 9.10. The van der Waals surface area contributed by atoms with Crippen LogP contribution < -0.4 is 5.32 Å². The van der Waals surface area contributed by atoms with Gasteiger partial charge in [0.15, 0.2) is 0 Å². The molecule has 2 aliphatic rings. The van der Waals surface area contributed by atoms with Gasteiger partial charge < -0.3 is 5.32 Å². The fourth-order valence-corrected chi connectivity index (χ4v) is 3.17. The normalized spacial score (nSPS) is 27.8. The number of aromatic nitrogens is 1. The maximum atomic E-state index is 6.09. The molecule has 2 heterocycles. The lowest BCUT2D eigenvalue weighted by molar-refractivity contribution is 0.445. The van der Waals surface area contributed by atoms with Crippen molar-refractivity contribution >= 4 is 33.1 Å². The van der Waals surface area contributed by atoms with E-state index in [1.165, 1.54) is 18.4 Å². The van der Waals surface area contributed by atoms with Crippen LogP contribution in [0.3, 0.4) is 0 Å². The number of allylic oxidation sites excluding steroid dienone is 1. The molecule has 1 aliphatic heterocycles. The number of rotatable bonds is 1. The third kappa shape index (κ3) is 2.28. The lowest BCUT2D eigenvalue weighted by atomic mass is 9.84. The summed E-state index contributed by atoms with van der Waals surface area (Å²) in [6.07, 6.45) is 7.85. The van der Waals surface area contributed by atoms with Crippen LogP contribution in [0.5, 0.6) is 0 Å². The van der Waals surface area contributed by atoms with Crippen LogP contribution in [0.4, 0.5) is 0 Å². The summed E-state index contributed by atoms with van der Waals surface area (Å²) in [7, 11) is 0. The van der Waals surface area contributed by atoms with Crippen LogP contribution in [-0.4, -0.2) is 17.6 Å². The Morgan fingerprint density at radius 2 is 2.35 bits per heavy atom. The van der Waals surface area contributed by atoms with E-state index in [0.29, 0.717) is 11.1 Å². The maximum Gasteiger partial charge on any atom is 0.124 e. The fraction of sp³-hybridized carbons (Fsp3) is 0.462. The molecule has 1 aromatic heterocycles. The van der Waals surface area contributed by atoms with Crippen LogP contribution in [0.2, 0.25) is 5.02 Å². The molecule has 90 valence electrons. The van der Waals surface area contributed by atoms with E-state index in [-0.39, 0.29) is 0 Å². The Hall–Kier alpha value is -0.380. The van der Waals surface area contributed by atoms with Crippen molar-refractivity contribution in [1.82, 2.24) is 10.3 Å². The van der Waals surface area contributed by atoms with E-state index in [0.717, 1.165) is 29.1 Å². The van der Waals surface area contributed by atoms with E-state index in [1.807, 2.05) is 12.3 Å². The van der Waals surface area contributed by atoms with Gasteiger partial charge in [-0.05, 0) is 64.9 Å². The molecule has 3 rings (SSSR count). The maximum absolute atomic E-state index is 6.09. The standard InChI is InChI=1S/C13H14BrClN2/c14-13-11(15)5-10(7-17-13)9-2-1-8-3-4-16-12(8)6-9/h2,5,7-8,12,16H,1,3-4,6H2/t8-,12-/m1/s1. The summed E-state index contributed by atoms with van der Waals surface area (Å²) in [5.74, 6) is 0.831. The van der Waals surface area contributed by atoms with E-state index in [9.17, 15) is 0 Å². The quantitative estimate of drug-likeness (QED) is 0.801. The minimum atomic E-state index is 0.650. The van der Waals surface area contributed by atoms with Crippen LogP contribution in [0.1, 0.15) is 24.8 Å². The van der Waals surface area contributed by atoms with Gasteiger partial charge in [0, 0.05) is 12.2 Å². The lowest BCUT2D eigenvalue weighted by Crippen LogP contribution is -2.29. The van der Waals surface area contributed by atoms with Gasteiger partial charge in [-0.15, -0.1) is 0 Å². The molecule has 1 aromatic rings. The molecule has 0 amide bonds. The highest BCUT2D eigenvalue weighted by Crippen LogP contribution is 2.35. The van der Waals surface area contributed by atoms with Crippen LogP contribution in [0.25, 0.3) is 5.57 Å². The second-order valence-electron chi connectivity index (χ2n) is 4.78. The molecule has 0 aromatic carbocycles. The summed E-state index contributed by atoms with van der Waals surface area (Å²) in [5, 5.41) is 4.27. The summed E-state index contributed by atoms with van der Waals surface area (Å²) in [5.41, 5.74) is 2.54. The molecule has 1 aliphatic carbocycles. The molecule has 1 saturated heterocycles. The van der Waals surface area contributed by atoms with Gasteiger partial charge in [0.2, 0.25) is 0 Å². The average molecular weight is 314 g/mol. The van der Waals surface area contributed by atoms with Gasteiger partial charge in [0.1, 0.15) is 4.60 Å². The first kappa shape index (κ1) is 11.7. The predicted molar refractivity (Wildman–Crippen MR) is 74.1 cm³/mol. The Kier molecular flexibility index (Phi) is 3.24. The second-order valence-corrected chi connectivity index (χ2v) is 5.93. The molecule has 2 nitrogen and oxygen atoms in total. The van der Waals surface area contributed by atoms with Crippen molar-refractivity contribution in [3.8, 4) is 0 Å². The van der Waals surface area contributed by atoms with E-state index in [1.54, 1.807) is 0 Å². The first-order chi connectivity index (χ1) is 8.24. The first-order valence-electron chi connectivity index (χ1n) is 5.98. The number of hydrogen-bond acceptors (Lipinski definition) is 2. The zero-order chi connectivity index (χ0) is 11.8. The molecule has 1 N–H and O–H groups in total. The SMILES string of the molecule is Clc1cc(C2=CC[C@@H]3CCN[C@@H]3C2)cnc1Br. The number of halogens is 2. The molecule has 0 bridgehead atoms. The van der Waals surface area contributed by atoms with E-state index in [2.05, 4.69) is 32.3 Å². The monoisotopic (exact) mass is 312 g/mol. The molecular formula is C13H14BrClN2. The molecule has 2 atom stereocenters. The largest absolute Gasteiger partial charge is 0.313 e. The zero-order valence-corrected chi connectivity index (χ0v) is 11.8. The predicted octanol–water partition coefficient (Wildman–Crippen LogP) is 3.65. The average Bonchev–Trinajstić information content (AvgIpc) is 2.79.